The number of methoxy groups -OCH3 is 2. The normalized spacial score (nSPS) is 16.6. The van der Waals surface area contributed by atoms with Gasteiger partial charge in [0.1, 0.15) is 11.6 Å². The van der Waals surface area contributed by atoms with Crippen LogP contribution in [0.15, 0.2) is 141 Å². The molecule has 514 valence electrons. The molecule has 6 aromatic carbocycles. The number of carbonyl (C=O) groups is 2. The molecular weight excluding hydrogens is 1340 g/mol. The van der Waals surface area contributed by atoms with Gasteiger partial charge in [-0.05, 0) is 95.8 Å². The molecule has 0 saturated heterocycles. The summed E-state index contributed by atoms with van der Waals surface area (Å²) in [6.45, 7) is 1.31. The van der Waals surface area contributed by atoms with Crippen LogP contribution in [0.25, 0.3) is 22.3 Å². The van der Waals surface area contributed by atoms with Gasteiger partial charge in [-0.2, -0.15) is 26.3 Å². The average molecular weight is 1400 g/mol. The van der Waals surface area contributed by atoms with Crippen molar-refractivity contribution in [3.8, 4) is 45.3 Å². The van der Waals surface area contributed by atoms with E-state index in [2.05, 4.69) is 10.6 Å². The largest absolute Gasteiger partial charge is 0.467 e. The predicted molar refractivity (Wildman–Crippen MR) is 340 cm³/mol. The van der Waals surface area contributed by atoms with Crippen molar-refractivity contribution in [2.24, 2.45) is 0 Å². The fourth-order valence-corrected chi connectivity index (χ4v) is 15.9. The Balaban J connectivity index is 0.820. The molecule has 0 bridgehead atoms. The summed E-state index contributed by atoms with van der Waals surface area (Å²) in [4.78, 5) is 58.0. The monoisotopic (exact) mass is 1400 g/mol. The van der Waals surface area contributed by atoms with Gasteiger partial charge in [0.2, 0.25) is 25.1 Å². The number of benzene rings is 6. The number of nitrogens with one attached hydrogen (secondary N) is 2. The number of pyridine rings is 2. The van der Waals surface area contributed by atoms with Gasteiger partial charge in [0, 0.05) is 59.7 Å². The zero-order valence-electron chi connectivity index (χ0n) is 52.5. The fraction of sp³-hybridized carbons (Fsp3) is 0.314. The second-order valence-corrected chi connectivity index (χ2v) is 25.2. The van der Waals surface area contributed by atoms with Crippen molar-refractivity contribution in [3.63, 3.8) is 0 Å². The van der Waals surface area contributed by atoms with Crippen molar-refractivity contribution in [2.45, 2.75) is 85.5 Å². The minimum Gasteiger partial charge on any atom is -0.467 e. The van der Waals surface area contributed by atoms with Gasteiger partial charge < -0.3 is 48.5 Å². The molecule has 98 heavy (non-hydrogen) atoms. The maximum Gasteiger partial charge on any atom is 0.416 e. The van der Waals surface area contributed by atoms with Gasteiger partial charge in [0.05, 0.1) is 83.9 Å². The molecule has 6 heterocycles. The van der Waals surface area contributed by atoms with Crippen LogP contribution in [0.5, 0.6) is 23.0 Å². The molecule has 8 aromatic rings. The Morgan fingerprint density at radius 3 is 1.29 bits per heavy atom. The molecule has 28 heteroatoms. The second-order valence-electron chi connectivity index (χ2n) is 23.2. The van der Waals surface area contributed by atoms with Crippen LogP contribution in [0.4, 0.5) is 43.9 Å². The molecule has 12 rings (SSSR count). The summed E-state index contributed by atoms with van der Waals surface area (Å²) in [5.74, 6) is -6.55. The zero-order valence-corrected chi connectivity index (χ0v) is 54.1. The van der Waals surface area contributed by atoms with Crippen molar-refractivity contribution in [3.05, 3.63) is 221 Å². The molecule has 6 unspecified atom stereocenters. The number of rotatable bonds is 23. The molecule has 2 N–H and O–H groups in total. The fourth-order valence-electron chi connectivity index (χ4n) is 13.1. The number of nitrogens with zero attached hydrogens (tertiary/aromatic N) is 2. The van der Waals surface area contributed by atoms with E-state index in [0.29, 0.717) is 11.1 Å². The summed E-state index contributed by atoms with van der Waals surface area (Å²) >= 11 is 2.28. The molecular formula is C70H60F10N4O12S2. The van der Waals surface area contributed by atoms with E-state index in [9.17, 15) is 35.9 Å². The van der Waals surface area contributed by atoms with E-state index in [4.69, 9.17) is 37.9 Å². The highest BCUT2D eigenvalue weighted by atomic mass is 32.2. The lowest BCUT2D eigenvalue weighted by molar-refractivity contribution is -0.180. The molecule has 0 spiro atoms. The van der Waals surface area contributed by atoms with E-state index in [1.165, 1.54) is 47.2 Å². The van der Waals surface area contributed by atoms with Gasteiger partial charge in [0.15, 0.2) is 35.3 Å². The Hall–Kier alpha value is -8.80. The van der Waals surface area contributed by atoms with Crippen LogP contribution < -0.4 is 40.7 Å². The Morgan fingerprint density at radius 1 is 0.531 bits per heavy atom. The first kappa shape index (κ1) is 69.1. The van der Waals surface area contributed by atoms with Crippen molar-refractivity contribution in [1.29, 1.82) is 0 Å². The molecule has 0 amide bonds. The highest BCUT2D eigenvalue weighted by molar-refractivity contribution is 7.99. The van der Waals surface area contributed by atoms with Crippen LogP contribution >= 0.6 is 23.5 Å². The van der Waals surface area contributed by atoms with Crippen molar-refractivity contribution >= 4 is 35.5 Å². The number of carbonyl (C=O) groups excluding carboxylic acids is 2. The van der Waals surface area contributed by atoms with Crippen LogP contribution in [0.2, 0.25) is 0 Å². The molecule has 6 atom stereocenters. The molecule has 2 aromatic heterocycles. The summed E-state index contributed by atoms with van der Waals surface area (Å²) in [6.07, 6.45) is -14.8. The third kappa shape index (κ3) is 13.2. The van der Waals surface area contributed by atoms with E-state index >= 15 is 27.2 Å². The van der Waals surface area contributed by atoms with Crippen molar-refractivity contribution in [1.82, 2.24) is 19.8 Å². The number of aromatic nitrogens is 2. The molecule has 16 nitrogen and oxygen atoms in total. The minimum atomic E-state index is -4.98. The topological polar surface area (TPSA) is 176 Å². The SMILES string of the molecule is COC(=O)C(OCCNC(c1ccccc1)C1CSc2c(Cc3c(F)cccc3C(F)(F)F)c(C)c(-c3ccc4c(c3F)OCO4)c(=O)n21)C(OCCNC(c1ccccc1)C1CSc2c(Cc3c(F)cccc3C(F)(F)F)c(C)c(-c3ccc4c(c3F)OCO4)c(=O)n21)C(=O)OC. The van der Waals surface area contributed by atoms with Gasteiger partial charge in [-0.1, -0.05) is 72.8 Å². The summed E-state index contributed by atoms with van der Waals surface area (Å²) < 4.78 is 199. The molecule has 0 saturated carbocycles. The summed E-state index contributed by atoms with van der Waals surface area (Å²) in [6, 6.07) is 24.6. The number of ether oxygens (including phenoxy) is 8. The lowest BCUT2D eigenvalue weighted by Crippen LogP contribution is -2.47. The van der Waals surface area contributed by atoms with E-state index in [0.717, 1.165) is 74.1 Å². The highest BCUT2D eigenvalue weighted by Crippen LogP contribution is 2.50. The van der Waals surface area contributed by atoms with Crippen LogP contribution in [0.3, 0.4) is 0 Å². The number of thioether (sulfide) groups is 2. The van der Waals surface area contributed by atoms with E-state index < -0.39 is 130 Å². The quantitative estimate of drug-likeness (QED) is 0.0351. The number of hydrogen-bond donors (Lipinski definition) is 2. The number of esters is 2. The van der Waals surface area contributed by atoms with Crippen LogP contribution in [0.1, 0.15) is 79.8 Å². The number of hydrogen-bond acceptors (Lipinski definition) is 16. The van der Waals surface area contributed by atoms with E-state index in [1.54, 1.807) is 60.7 Å². The zero-order chi connectivity index (χ0) is 69.5. The number of fused-ring (bicyclic) bond motifs is 4. The smallest absolute Gasteiger partial charge is 0.416 e. The summed E-state index contributed by atoms with van der Waals surface area (Å²) in [5, 5.41) is 7.19. The van der Waals surface area contributed by atoms with Gasteiger partial charge in [-0.25, -0.2) is 27.2 Å². The lowest BCUT2D eigenvalue weighted by atomic mass is 9.91. The van der Waals surface area contributed by atoms with Crippen LogP contribution in [-0.2, 0) is 53.7 Å². The van der Waals surface area contributed by atoms with Crippen LogP contribution in [-0.4, -0.2) is 98.9 Å². The lowest BCUT2D eigenvalue weighted by Gasteiger charge is -2.29. The minimum absolute atomic E-state index is 0.0617. The predicted octanol–water partition coefficient (Wildman–Crippen LogP) is 13.0. The van der Waals surface area contributed by atoms with Crippen molar-refractivity contribution in [2.75, 3.05) is 65.6 Å². The average Bonchev–Trinajstić information content (AvgIpc) is 1.51. The first-order valence-corrected chi connectivity index (χ1v) is 32.6. The maximum atomic E-state index is 16.6. The second kappa shape index (κ2) is 28.6. The number of halogens is 10. The first-order valence-electron chi connectivity index (χ1n) is 30.6. The highest BCUT2D eigenvalue weighted by Gasteiger charge is 2.44. The molecule has 0 radical (unpaired) electrons. The Morgan fingerprint density at radius 2 is 0.918 bits per heavy atom. The Labute approximate surface area is 561 Å². The first-order chi connectivity index (χ1) is 47.0. The standard InChI is InChI=1S/C70H60F10N4O12S2/c1-35-41(29-43-45(69(75,76)77)17-11-19-47(43)71)65-83(63(85)53(35)39-21-23-51-59(55(39)73)95-33-93-51)49(31-97-65)57(37-13-7-5-8-14-37)81-25-27-91-61(67(87)89-3)62(68(88)90-4)92-28-26-82-58(38-15-9-6-10-16-38)50-32-98-66-42(30-44-46(70(78,79)80)18-12-20-48(44)72)36(2)54(64(86)84(50)66)40-22-24-52-60(56(40)74)96-34-94-52/h5-24,49-50,57-58,61-62,81-82H,25-34H2,1-4H3. The van der Waals surface area contributed by atoms with Gasteiger partial charge in [-0.15, -0.1) is 23.5 Å². The Kier molecular flexibility index (Phi) is 20.2. The van der Waals surface area contributed by atoms with Crippen LogP contribution in [0, 0.1) is 37.1 Å². The maximum absolute atomic E-state index is 16.6. The summed E-state index contributed by atoms with van der Waals surface area (Å²) in [7, 11) is 2.10. The molecule has 0 fully saturated rings. The third-order valence-corrected chi connectivity index (χ3v) is 20.2. The van der Waals surface area contributed by atoms with Gasteiger partial charge in [-0.3, -0.25) is 18.7 Å². The summed E-state index contributed by atoms with van der Waals surface area (Å²) in [5.41, 5.74) is -4.52. The van der Waals surface area contributed by atoms with Gasteiger partial charge >= 0.3 is 24.3 Å². The van der Waals surface area contributed by atoms with E-state index in [1.807, 2.05) is 0 Å². The van der Waals surface area contributed by atoms with E-state index in [-0.39, 0.29) is 129 Å². The molecule has 4 aliphatic heterocycles. The van der Waals surface area contributed by atoms with Crippen molar-refractivity contribution < 1.29 is 91.4 Å². The Bertz CT molecular complexity index is 4220. The molecule has 4 aliphatic rings. The number of alkyl halides is 6. The third-order valence-electron chi connectivity index (χ3n) is 17.7. The molecule has 0 aliphatic carbocycles. The van der Waals surface area contributed by atoms with Gasteiger partial charge in [0.25, 0.3) is 11.1 Å².